The first-order chi connectivity index (χ1) is 14.4. The highest BCUT2D eigenvalue weighted by Crippen LogP contribution is 2.41. The van der Waals surface area contributed by atoms with Gasteiger partial charge >= 0.3 is 6.18 Å². The monoisotopic (exact) mass is 415 g/mol. The van der Waals surface area contributed by atoms with Crippen LogP contribution in [0.5, 0.6) is 0 Å². The van der Waals surface area contributed by atoms with E-state index in [9.17, 15) is 17.6 Å². The molecule has 4 aromatic heterocycles. The van der Waals surface area contributed by atoms with E-state index in [0.29, 0.717) is 28.5 Å². The maximum atomic E-state index is 13.8. The molecule has 152 valence electrons. The van der Waals surface area contributed by atoms with Gasteiger partial charge in [-0.2, -0.15) is 13.2 Å². The van der Waals surface area contributed by atoms with Crippen molar-refractivity contribution in [1.29, 1.82) is 0 Å². The Morgan fingerprint density at radius 1 is 1.00 bits per heavy atom. The summed E-state index contributed by atoms with van der Waals surface area (Å²) >= 11 is 0. The molecule has 5 rings (SSSR count). The van der Waals surface area contributed by atoms with Crippen molar-refractivity contribution in [1.82, 2.24) is 29.5 Å². The number of anilines is 2. The molecule has 1 fully saturated rings. The lowest BCUT2D eigenvalue weighted by Gasteiger charge is -2.11. The van der Waals surface area contributed by atoms with Crippen LogP contribution in [0.25, 0.3) is 17.0 Å². The third-order valence-electron chi connectivity index (χ3n) is 4.62. The minimum atomic E-state index is -4.51. The third-order valence-corrected chi connectivity index (χ3v) is 4.62. The number of aromatic nitrogens is 6. The maximum absolute atomic E-state index is 13.8. The number of rotatable bonds is 4. The largest absolute Gasteiger partial charge is 0.433 e. The molecular formula is C19H13F4N7. The van der Waals surface area contributed by atoms with Gasteiger partial charge in [-0.25, -0.2) is 24.3 Å². The number of halogens is 4. The number of nitrogens with one attached hydrogen (secondary N) is 1. The molecule has 0 saturated heterocycles. The van der Waals surface area contributed by atoms with E-state index >= 15 is 0 Å². The van der Waals surface area contributed by atoms with Gasteiger partial charge in [-0.1, -0.05) is 0 Å². The second-order valence-electron chi connectivity index (χ2n) is 6.89. The van der Waals surface area contributed by atoms with Crippen LogP contribution in [0.3, 0.4) is 0 Å². The molecule has 30 heavy (non-hydrogen) atoms. The molecule has 4 aromatic rings. The van der Waals surface area contributed by atoms with Gasteiger partial charge in [-0.05, 0) is 25.0 Å². The fourth-order valence-corrected chi connectivity index (χ4v) is 3.12. The first kappa shape index (κ1) is 18.4. The lowest BCUT2D eigenvalue weighted by atomic mass is 10.3. The fourth-order valence-electron chi connectivity index (χ4n) is 3.12. The molecule has 0 spiro atoms. The van der Waals surface area contributed by atoms with E-state index in [2.05, 4.69) is 30.2 Å². The van der Waals surface area contributed by atoms with Crippen molar-refractivity contribution in [2.75, 3.05) is 5.32 Å². The van der Waals surface area contributed by atoms with Crippen molar-refractivity contribution in [2.45, 2.75) is 24.9 Å². The smallest absolute Gasteiger partial charge is 0.338 e. The van der Waals surface area contributed by atoms with Crippen LogP contribution >= 0.6 is 0 Å². The molecule has 1 saturated carbocycles. The van der Waals surface area contributed by atoms with Crippen molar-refractivity contribution in [2.24, 2.45) is 0 Å². The van der Waals surface area contributed by atoms with Gasteiger partial charge in [-0.3, -0.25) is 9.55 Å². The predicted octanol–water partition coefficient (Wildman–Crippen LogP) is 4.38. The van der Waals surface area contributed by atoms with Crippen LogP contribution in [0.1, 0.15) is 30.3 Å². The van der Waals surface area contributed by atoms with Gasteiger partial charge in [0.1, 0.15) is 17.3 Å². The van der Waals surface area contributed by atoms with Crippen LogP contribution in [-0.4, -0.2) is 29.5 Å². The SMILES string of the molecule is Fc1cnc2nc(C3CC3)n(-c3cncc(Nc4ccc(C(F)(F)F)nc4)n3)c2c1. The van der Waals surface area contributed by atoms with Crippen molar-refractivity contribution >= 4 is 22.7 Å². The number of imidazole rings is 1. The summed E-state index contributed by atoms with van der Waals surface area (Å²) in [5.74, 6) is 1.16. The summed E-state index contributed by atoms with van der Waals surface area (Å²) in [6.07, 6.45) is 2.53. The zero-order valence-electron chi connectivity index (χ0n) is 15.2. The van der Waals surface area contributed by atoms with Crippen LogP contribution in [0.2, 0.25) is 0 Å². The van der Waals surface area contributed by atoms with E-state index in [1.165, 1.54) is 24.5 Å². The van der Waals surface area contributed by atoms with Gasteiger partial charge in [-0.15, -0.1) is 0 Å². The van der Waals surface area contributed by atoms with E-state index in [0.717, 1.165) is 37.1 Å². The number of nitrogens with zero attached hydrogens (tertiary/aromatic N) is 6. The summed E-state index contributed by atoms with van der Waals surface area (Å²) in [6, 6.07) is 3.47. The van der Waals surface area contributed by atoms with Gasteiger partial charge in [0.2, 0.25) is 0 Å². The zero-order chi connectivity index (χ0) is 20.9. The van der Waals surface area contributed by atoms with Crippen LogP contribution in [0.15, 0.2) is 43.0 Å². The highest BCUT2D eigenvalue weighted by molar-refractivity contribution is 5.74. The van der Waals surface area contributed by atoms with Gasteiger partial charge in [0.05, 0.1) is 36.0 Å². The van der Waals surface area contributed by atoms with Crippen molar-refractivity contribution in [3.8, 4) is 5.82 Å². The molecule has 4 heterocycles. The predicted molar refractivity (Wildman–Crippen MR) is 98.9 cm³/mol. The second kappa shape index (κ2) is 6.71. The Morgan fingerprint density at radius 3 is 2.53 bits per heavy atom. The molecule has 0 bridgehead atoms. The molecule has 0 aliphatic heterocycles. The van der Waals surface area contributed by atoms with Crippen LogP contribution in [-0.2, 0) is 6.18 Å². The summed E-state index contributed by atoms with van der Waals surface area (Å²) < 4.78 is 53.5. The fraction of sp³-hybridized carbons (Fsp3) is 0.211. The molecule has 0 unspecified atom stereocenters. The van der Waals surface area contributed by atoms with E-state index < -0.39 is 17.7 Å². The molecule has 1 aliphatic rings. The van der Waals surface area contributed by atoms with Crippen molar-refractivity contribution < 1.29 is 17.6 Å². The molecule has 0 atom stereocenters. The summed E-state index contributed by atoms with van der Waals surface area (Å²) in [7, 11) is 0. The summed E-state index contributed by atoms with van der Waals surface area (Å²) in [4.78, 5) is 20.6. The molecular weight excluding hydrogens is 402 g/mol. The van der Waals surface area contributed by atoms with Gasteiger partial charge in [0.15, 0.2) is 17.3 Å². The summed E-state index contributed by atoms with van der Waals surface area (Å²) in [5.41, 5.74) is 0.214. The third kappa shape index (κ3) is 3.42. The highest BCUT2D eigenvalue weighted by Gasteiger charge is 2.32. The number of hydrogen-bond donors (Lipinski definition) is 1. The highest BCUT2D eigenvalue weighted by atomic mass is 19.4. The van der Waals surface area contributed by atoms with E-state index in [1.807, 2.05) is 0 Å². The summed E-state index contributed by atoms with van der Waals surface area (Å²) in [5, 5.41) is 2.88. The van der Waals surface area contributed by atoms with Crippen LogP contribution < -0.4 is 5.32 Å². The zero-order valence-corrected chi connectivity index (χ0v) is 15.2. The quantitative estimate of drug-likeness (QED) is 0.498. The summed E-state index contributed by atoms with van der Waals surface area (Å²) in [6.45, 7) is 0. The topological polar surface area (TPSA) is 81.4 Å². The van der Waals surface area contributed by atoms with Gasteiger partial charge in [0, 0.05) is 12.0 Å². The lowest BCUT2D eigenvalue weighted by molar-refractivity contribution is -0.141. The minimum Gasteiger partial charge on any atom is -0.338 e. The van der Waals surface area contributed by atoms with E-state index in [1.54, 1.807) is 4.57 Å². The standard InChI is InChI=1S/C19H13F4N7/c20-11-5-13-17(26-6-11)29-18(10-1-2-10)30(13)16-9-24-8-15(28-16)27-12-3-4-14(25-7-12)19(21,22)23/h3-10H,1-2H2,(H,27,28). The number of fused-ring (bicyclic) bond motifs is 1. The average Bonchev–Trinajstić information content (AvgIpc) is 3.49. The lowest BCUT2D eigenvalue weighted by Crippen LogP contribution is -2.08. The number of alkyl halides is 3. The Bertz CT molecular complexity index is 1230. The molecule has 11 heteroatoms. The molecule has 7 nitrogen and oxygen atoms in total. The van der Waals surface area contributed by atoms with Crippen LogP contribution in [0.4, 0.5) is 29.1 Å². The maximum Gasteiger partial charge on any atom is 0.433 e. The molecule has 1 aliphatic carbocycles. The Balaban J connectivity index is 1.51. The molecule has 0 radical (unpaired) electrons. The Morgan fingerprint density at radius 2 is 1.83 bits per heavy atom. The normalized spacial score (nSPS) is 14.3. The Kier molecular flexibility index (Phi) is 4.12. The Labute approximate surface area is 166 Å². The van der Waals surface area contributed by atoms with Crippen molar-refractivity contribution in [3.63, 3.8) is 0 Å². The number of pyridine rings is 2. The van der Waals surface area contributed by atoms with Gasteiger partial charge in [0.25, 0.3) is 0 Å². The van der Waals surface area contributed by atoms with Crippen LogP contribution in [0, 0.1) is 5.82 Å². The molecule has 1 N–H and O–H groups in total. The first-order valence-corrected chi connectivity index (χ1v) is 9.05. The van der Waals surface area contributed by atoms with E-state index in [4.69, 9.17) is 0 Å². The second-order valence-corrected chi connectivity index (χ2v) is 6.89. The van der Waals surface area contributed by atoms with E-state index in [-0.39, 0.29) is 5.92 Å². The average molecular weight is 415 g/mol. The molecule has 0 amide bonds. The Hall–Kier alpha value is -3.63. The van der Waals surface area contributed by atoms with Gasteiger partial charge < -0.3 is 5.32 Å². The minimum absolute atomic E-state index is 0.236. The number of hydrogen-bond acceptors (Lipinski definition) is 6. The first-order valence-electron chi connectivity index (χ1n) is 9.05. The molecule has 0 aromatic carbocycles. The van der Waals surface area contributed by atoms with Crippen molar-refractivity contribution in [3.05, 3.63) is 60.3 Å².